The highest BCUT2D eigenvalue weighted by Crippen LogP contribution is 2.30. The van der Waals surface area contributed by atoms with Gasteiger partial charge in [-0.2, -0.15) is 0 Å². The molecule has 2 aromatic rings. The molecule has 3 nitrogen and oxygen atoms in total. The zero-order valence-electron chi connectivity index (χ0n) is 9.81. The molecule has 0 spiro atoms. The van der Waals surface area contributed by atoms with Gasteiger partial charge in [0.25, 0.3) is 0 Å². The number of nitrogens with zero attached hydrogens (tertiary/aromatic N) is 2. The highest BCUT2D eigenvalue weighted by Gasteiger charge is 2.26. The van der Waals surface area contributed by atoms with Crippen molar-refractivity contribution in [3.63, 3.8) is 0 Å². The second kappa shape index (κ2) is 4.45. The molecule has 2 rings (SSSR count). The molecule has 2 N–H and O–H groups in total. The molecule has 4 heteroatoms. The second-order valence-electron chi connectivity index (χ2n) is 4.42. The van der Waals surface area contributed by atoms with Gasteiger partial charge in [-0.15, -0.1) is 0 Å². The van der Waals surface area contributed by atoms with Crippen LogP contribution in [0.15, 0.2) is 41.0 Å². The predicted octanol–water partition coefficient (Wildman–Crippen LogP) is 3.15. The van der Waals surface area contributed by atoms with Gasteiger partial charge in [-0.1, -0.05) is 30.3 Å². The molecule has 0 amide bonds. The standard InChI is InChI=1S/C13H14BrN3/c1-13(2,9-6-4-3-5-7-9)12-16-8-10(14)11(15)17-12/h3-8H,1-2H3,(H2,15,16,17). The van der Waals surface area contributed by atoms with Gasteiger partial charge in [0.1, 0.15) is 11.6 Å². The summed E-state index contributed by atoms with van der Waals surface area (Å²) in [6.45, 7) is 4.18. The normalized spacial score (nSPS) is 11.5. The molecule has 17 heavy (non-hydrogen) atoms. The van der Waals surface area contributed by atoms with Crippen LogP contribution in [-0.2, 0) is 5.41 Å². The number of rotatable bonds is 2. The van der Waals surface area contributed by atoms with E-state index >= 15 is 0 Å². The van der Waals surface area contributed by atoms with E-state index < -0.39 is 0 Å². The maximum Gasteiger partial charge on any atom is 0.141 e. The molecular formula is C13H14BrN3. The van der Waals surface area contributed by atoms with E-state index in [1.807, 2.05) is 18.2 Å². The van der Waals surface area contributed by atoms with Crippen molar-refractivity contribution in [2.75, 3.05) is 5.73 Å². The third-order valence-electron chi connectivity index (χ3n) is 2.83. The summed E-state index contributed by atoms with van der Waals surface area (Å²) < 4.78 is 0.727. The number of nitrogen functional groups attached to an aromatic ring is 1. The van der Waals surface area contributed by atoms with Crippen molar-refractivity contribution in [3.8, 4) is 0 Å². The van der Waals surface area contributed by atoms with E-state index in [4.69, 9.17) is 5.73 Å². The fraction of sp³-hybridized carbons (Fsp3) is 0.231. The Kier molecular flexibility index (Phi) is 3.15. The minimum atomic E-state index is -0.254. The largest absolute Gasteiger partial charge is 0.383 e. The maximum atomic E-state index is 5.80. The predicted molar refractivity (Wildman–Crippen MR) is 72.7 cm³/mol. The number of aromatic nitrogens is 2. The van der Waals surface area contributed by atoms with Gasteiger partial charge in [0.15, 0.2) is 0 Å². The van der Waals surface area contributed by atoms with Gasteiger partial charge in [-0.3, -0.25) is 0 Å². The topological polar surface area (TPSA) is 51.8 Å². The highest BCUT2D eigenvalue weighted by molar-refractivity contribution is 9.10. The van der Waals surface area contributed by atoms with Crippen LogP contribution in [0.3, 0.4) is 0 Å². The van der Waals surface area contributed by atoms with Crippen molar-refractivity contribution in [1.29, 1.82) is 0 Å². The lowest BCUT2D eigenvalue weighted by molar-refractivity contribution is 0.590. The number of anilines is 1. The molecule has 0 radical (unpaired) electrons. The molecule has 88 valence electrons. The summed E-state index contributed by atoms with van der Waals surface area (Å²) in [5, 5.41) is 0. The first-order chi connectivity index (χ1) is 8.01. The van der Waals surface area contributed by atoms with E-state index in [1.165, 1.54) is 5.56 Å². The van der Waals surface area contributed by atoms with E-state index in [0.717, 1.165) is 10.3 Å². The van der Waals surface area contributed by atoms with Crippen LogP contribution in [0, 0.1) is 0 Å². The lowest BCUT2D eigenvalue weighted by Crippen LogP contribution is -2.22. The molecule has 1 heterocycles. The van der Waals surface area contributed by atoms with Crippen LogP contribution in [0.1, 0.15) is 25.2 Å². The van der Waals surface area contributed by atoms with Crippen LogP contribution in [-0.4, -0.2) is 9.97 Å². The molecule has 0 aliphatic rings. The van der Waals surface area contributed by atoms with Gasteiger partial charge < -0.3 is 5.73 Å². The maximum absolute atomic E-state index is 5.80. The molecule has 0 bridgehead atoms. The van der Waals surface area contributed by atoms with E-state index in [1.54, 1.807) is 6.20 Å². The molecule has 0 atom stereocenters. The summed E-state index contributed by atoms with van der Waals surface area (Å²) >= 11 is 3.30. The van der Waals surface area contributed by atoms with Crippen molar-refractivity contribution in [1.82, 2.24) is 9.97 Å². The number of halogens is 1. The highest BCUT2D eigenvalue weighted by atomic mass is 79.9. The zero-order valence-corrected chi connectivity index (χ0v) is 11.4. The van der Waals surface area contributed by atoms with Gasteiger partial charge >= 0.3 is 0 Å². The molecule has 1 aromatic heterocycles. The van der Waals surface area contributed by atoms with Crippen LogP contribution in [0.2, 0.25) is 0 Å². The van der Waals surface area contributed by atoms with Crippen molar-refractivity contribution in [2.45, 2.75) is 19.3 Å². The summed E-state index contributed by atoms with van der Waals surface area (Å²) in [4.78, 5) is 8.69. The van der Waals surface area contributed by atoms with E-state index in [0.29, 0.717) is 5.82 Å². The van der Waals surface area contributed by atoms with E-state index in [-0.39, 0.29) is 5.41 Å². The number of benzene rings is 1. The Hall–Kier alpha value is -1.42. The Morgan fingerprint density at radius 2 is 1.82 bits per heavy atom. The fourth-order valence-electron chi connectivity index (χ4n) is 1.67. The summed E-state index contributed by atoms with van der Waals surface area (Å²) in [5.74, 6) is 1.20. The average molecular weight is 292 g/mol. The summed E-state index contributed by atoms with van der Waals surface area (Å²) in [6, 6.07) is 10.2. The molecular weight excluding hydrogens is 278 g/mol. The molecule has 0 saturated carbocycles. The Labute approximate surface area is 109 Å². The van der Waals surface area contributed by atoms with Crippen LogP contribution in [0.25, 0.3) is 0 Å². The third kappa shape index (κ3) is 2.31. The van der Waals surface area contributed by atoms with Crippen LogP contribution < -0.4 is 5.73 Å². The first-order valence-corrected chi connectivity index (χ1v) is 6.15. The van der Waals surface area contributed by atoms with E-state index in [2.05, 4.69) is 51.9 Å². The summed E-state index contributed by atoms with van der Waals surface area (Å²) in [5.41, 5.74) is 6.71. The summed E-state index contributed by atoms with van der Waals surface area (Å²) in [7, 11) is 0. The van der Waals surface area contributed by atoms with Gasteiger partial charge in [-0.25, -0.2) is 9.97 Å². The number of hydrogen-bond acceptors (Lipinski definition) is 3. The monoisotopic (exact) mass is 291 g/mol. The number of nitrogens with two attached hydrogens (primary N) is 1. The van der Waals surface area contributed by atoms with Gasteiger partial charge in [-0.05, 0) is 35.3 Å². The van der Waals surface area contributed by atoms with Crippen LogP contribution in [0.4, 0.5) is 5.82 Å². The van der Waals surface area contributed by atoms with Crippen molar-refractivity contribution >= 4 is 21.7 Å². The van der Waals surface area contributed by atoms with Crippen molar-refractivity contribution in [3.05, 3.63) is 52.4 Å². The molecule has 0 aliphatic heterocycles. The Balaban J connectivity index is 2.48. The van der Waals surface area contributed by atoms with Crippen LogP contribution in [0.5, 0.6) is 0 Å². The minimum Gasteiger partial charge on any atom is -0.383 e. The van der Waals surface area contributed by atoms with Crippen molar-refractivity contribution in [2.24, 2.45) is 0 Å². The lowest BCUT2D eigenvalue weighted by atomic mass is 9.84. The smallest absolute Gasteiger partial charge is 0.141 e. The average Bonchev–Trinajstić information content (AvgIpc) is 2.33. The summed E-state index contributed by atoms with van der Waals surface area (Å²) in [6.07, 6.45) is 1.70. The van der Waals surface area contributed by atoms with Gasteiger partial charge in [0.05, 0.1) is 4.47 Å². The first-order valence-electron chi connectivity index (χ1n) is 5.36. The molecule has 0 aliphatic carbocycles. The van der Waals surface area contributed by atoms with E-state index in [9.17, 15) is 0 Å². The molecule has 0 unspecified atom stereocenters. The Morgan fingerprint density at radius 1 is 1.18 bits per heavy atom. The Bertz CT molecular complexity index is 523. The lowest BCUT2D eigenvalue weighted by Gasteiger charge is -2.23. The van der Waals surface area contributed by atoms with Gasteiger partial charge in [0.2, 0.25) is 0 Å². The minimum absolute atomic E-state index is 0.254. The van der Waals surface area contributed by atoms with Gasteiger partial charge in [0, 0.05) is 11.6 Å². The van der Waals surface area contributed by atoms with Crippen molar-refractivity contribution < 1.29 is 0 Å². The molecule has 1 aromatic carbocycles. The molecule has 0 saturated heterocycles. The first kappa shape index (κ1) is 12.0. The zero-order chi connectivity index (χ0) is 12.5. The van der Waals surface area contributed by atoms with Crippen LogP contribution >= 0.6 is 15.9 Å². The number of hydrogen-bond donors (Lipinski definition) is 1. The third-order valence-corrected chi connectivity index (χ3v) is 3.44. The molecule has 0 fully saturated rings. The fourth-order valence-corrected chi connectivity index (χ4v) is 1.86. The quantitative estimate of drug-likeness (QED) is 0.925. The Morgan fingerprint density at radius 3 is 2.41 bits per heavy atom. The SMILES string of the molecule is CC(C)(c1ccccc1)c1ncc(Br)c(N)n1. The second-order valence-corrected chi connectivity index (χ2v) is 5.27.